The molecule has 2 heterocycles. The Hall–Kier alpha value is -0.650. The van der Waals surface area contributed by atoms with Gasteiger partial charge in [-0.25, -0.2) is 4.98 Å². The van der Waals surface area contributed by atoms with Crippen LogP contribution in [-0.2, 0) is 0 Å². The van der Waals surface area contributed by atoms with E-state index in [-0.39, 0.29) is 0 Å². The fourth-order valence-corrected chi connectivity index (χ4v) is 3.35. The third kappa shape index (κ3) is 3.46. The largest absolute Gasteiger partial charge is 0.346 e. The Labute approximate surface area is 120 Å². The molecule has 1 aromatic heterocycles. The minimum absolute atomic E-state index is 0.339. The highest BCUT2D eigenvalue weighted by Crippen LogP contribution is 2.25. The SMILES string of the molecule is CCC(C)N1CCN(c2nc(C(C)NC)cs2)CC1. The van der Waals surface area contributed by atoms with E-state index >= 15 is 0 Å². The minimum Gasteiger partial charge on any atom is -0.346 e. The lowest BCUT2D eigenvalue weighted by Gasteiger charge is -2.37. The number of aromatic nitrogens is 1. The molecular formula is C14H26N4S. The molecular weight excluding hydrogens is 256 g/mol. The normalized spacial score (nSPS) is 20.5. The predicted octanol–water partition coefficient (Wildman–Crippen LogP) is 2.34. The van der Waals surface area contributed by atoms with E-state index in [1.807, 2.05) is 7.05 Å². The maximum absolute atomic E-state index is 4.76. The first-order chi connectivity index (χ1) is 9.15. The highest BCUT2D eigenvalue weighted by molar-refractivity contribution is 7.13. The van der Waals surface area contributed by atoms with Gasteiger partial charge in [-0.05, 0) is 27.3 Å². The summed E-state index contributed by atoms with van der Waals surface area (Å²) in [7, 11) is 1.98. The molecule has 0 aliphatic carbocycles. The molecule has 1 fully saturated rings. The van der Waals surface area contributed by atoms with Crippen LogP contribution < -0.4 is 10.2 Å². The van der Waals surface area contributed by atoms with Gasteiger partial charge in [-0.3, -0.25) is 4.90 Å². The molecule has 0 radical (unpaired) electrons. The fraction of sp³-hybridized carbons (Fsp3) is 0.786. The maximum Gasteiger partial charge on any atom is 0.185 e. The lowest BCUT2D eigenvalue weighted by molar-refractivity contribution is 0.193. The first kappa shape index (κ1) is 14.8. The Morgan fingerprint density at radius 3 is 2.58 bits per heavy atom. The van der Waals surface area contributed by atoms with E-state index in [4.69, 9.17) is 4.98 Å². The van der Waals surface area contributed by atoms with Gasteiger partial charge in [0.2, 0.25) is 0 Å². The summed E-state index contributed by atoms with van der Waals surface area (Å²) < 4.78 is 0. The first-order valence-electron chi connectivity index (χ1n) is 7.27. The van der Waals surface area contributed by atoms with Crippen molar-refractivity contribution in [3.05, 3.63) is 11.1 Å². The van der Waals surface area contributed by atoms with Crippen LogP contribution in [-0.4, -0.2) is 49.2 Å². The maximum atomic E-state index is 4.76. The molecule has 1 N–H and O–H groups in total. The Bertz CT molecular complexity index is 385. The van der Waals surface area contributed by atoms with Gasteiger partial charge in [0.15, 0.2) is 5.13 Å². The molecule has 0 spiro atoms. The van der Waals surface area contributed by atoms with Crippen LogP contribution in [0, 0.1) is 0 Å². The molecule has 19 heavy (non-hydrogen) atoms. The van der Waals surface area contributed by atoms with Crippen LogP contribution in [0.15, 0.2) is 5.38 Å². The van der Waals surface area contributed by atoms with E-state index in [0.717, 1.165) is 31.9 Å². The second-order valence-corrected chi connectivity index (χ2v) is 6.18. The van der Waals surface area contributed by atoms with Crippen molar-refractivity contribution in [3.8, 4) is 0 Å². The van der Waals surface area contributed by atoms with E-state index in [1.54, 1.807) is 11.3 Å². The van der Waals surface area contributed by atoms with Gasteiger partial charge in [0, 0.05) is 43.6 Å². The number of rotatable bonds is 5. The second kappa shape index (κ2) is 6.68. The summed E-state index contributed by atoms with van der Waals surface area (Å²) in [5, 5.41) is 6.60. The number of anilines is 1. The van der Waals surface area contributed by atoms with Crippen molar-refractivity contribution in [2.24, 2.45) is 0 Å². The number of thiazole rings is 1. The van der Waals surface area contributed by atoms with Crippen LogP contribution in [0.5, 0.6) is 0 Å². The van der Waals surface area contributed by atoms with E-state index in [1.165, 1.54) is 11.6 Å². The van der Waals surface area contributed by atoms with Gasteiger partial charge in [0.25, 0.3) is 0 Å². The zero-order valence-electron chi connectivity index (χ0n) is 12.5. The van der Waals surface area contributed by atoms with Gasteiger partial charge in [-0.15, -0.1) is 11.3 Å². The summed E-state index contributed by atoms with van der Waals surface area (Å²) in [5.74, 6) is 0. The third-order valence-electron chi connectivity index (χ3n) is 4.19. The topological polar surface area (TPSA) is 31.4 Å². The molecule has 1 aromatic rings. The highest BCUT2D eigenvalue weighted by Gasteiger charge is 2.22. The van der Waals surface area contributed by atoms with Crippen molar-refractivity contribution >= 4 is 16.5 Å². The molecule has 0 aromatic carbocycles. The molecule has 5 heteroatoms. The Morgan fingerprint density at radius 2 is 2.00 bits per heavy atom. The quantitative estimate of drug-likeness (QED) is 0.898. The third-order valence-corrected chi connectivity index (χ3v) is 5.11. The van der Waals surface area contributed by atoms with Crippen molar-refractivity contribution in [2.75, 3.05) is 38.1 Å². The molecule has 2 rings (SSSR count). The van der Waals surface area contributed by atoms with E-state index in [0.29, 0.717) is 12.1 Å². The molecule has 2 unspecified atom stereocenters. The van der Waals surface area contributed by atoms with Crippen LogP contribution in [0.1, 0.15) is 38.9 Å². The van der Waals surface area contributed by atoms with Crippen molar-refractivity contribution in [3.63, 3.8) is 0 Å². The lowest BCUT2D eigenvalue weighted by atomic mass is 10.2. The average Bonchev–Trinajstić information content (AvgIpc) is 2.95. The van der Waals surface area contributed by atoms with Crippen molar-refractivity contribution < 1.29 is 0 Å². The molecule has 0 saturated carbocycles. The van der Waals surface area contributed by atoms with E-state index in [2.05, 4.69) is 41.3 Å². The fourth-order valence-electron chi connectivity index (χ4n) is 2.38. The smallest absolute Gasteiger partial charge is 0.185 e. The molecule has 108 valence electrons. The van der Waals surface area contributed by atoms with Crippen molar-refractivity contribution in [1.29, 1.82) is 0 Å². The Balaban J connectivity index is 1.92. The molecule has 1 saturated heterocycles. The summed E-state index contributed by atoms with van der Waals surface area (Å²) in [6.45, 7) is 11.3. The molecule has 0 amide bonds. The number of nitrogens with zero attached hydrogens (tertiary/aromatic N) is 3. The van der Waals surface area contributed by atoms with Gasteiger partial charge >= 0.3 is 0 Å². The lowest BCUT2D eigenvalue weighted by Crippen LogP contribution is -2.49. The predicted molar refractivity (Wildman–Crippen MR) is 83.1 cm³/mol. The van der Waals surface area contributed by atoms with Gasteiger partial charge < -0.3 is 10.2 Å². The summed E-state index contributed by atoms with van der Waals surface area (Å²) in [5.41, 5.74) is 1.16. The summed E-state index contributed by atoms with van der Waals surface area (Å²) >= 11 is 1.77. The summed E-state index contributed by atoms with van der Waals surface area (Å²) in [6.07, 6.45) is 1.24. The van der Waals surface area contributed by atoms with Crippen LogP contribution in [0.25, 0.3) is 0 Å². The average molecular weight is 282 g/mol. The summed E-state index contributed by atoms with van der Waals surface area (Å²) in [6, 6.07) is 1.05. The first-order valence-corrected chi connectivity index (χ1v) is 8.15. The van der Waals surface area contributed by atoms with Crippen molar-refractivity contribution in [1.82, 2.24) is 15.2 Å². The number of piperazine rings is 1. The summed E-state index contributed by atoms with van der Waals surface area (Å²) in [4.78, 5) is 9.77. The van der Waals surface area contributed by atoms with E-state index in [9.17, 15) is 0 Å². The molecule has 4 nitrogen and oxygen atoms in total. The second-order valence-electron chi connectivity index (χ2n) is 5.35. The molecule has 2 atom stereocenters. The zero-order chi connectivity index (χ0) is 13.8. The van der Waals surface area contributed by atoms with Crippen LogP contribution in [0.3, 0.4) is 0 Å². The van der Waals surface area contributed by atoms with E-state index < -0.39 is 0 Å². The standard InChI is InChI=1S/C14H26N4S/c1-5-11(2)17-6-8-18(9-7-17)14-16-13(10-19-14)12(3)15-4/h10-12,15H,5-9H2,1-4H3. The molecule has 1 aliphatic heterocycles. The Kier molecular flexibility index (Phi) is 5.19. The minimum atomic E-state index is 0.339. The zero-order valence-corrected chi connectivity index (χ0v) is 13.3. The van der Waals surface area contributed by atoms with Gasteiger partial charge in [0.1, 0.15) is 0 Å². The van der Waals surface area contributed by atoms with Crippen LogP contribution in [0.4, 0.5) is 5.13 Å². The Morgan fingerprint density at radius 1 is 1.32 bits per heavy atom. The van der Waals surface area contributed by atoms with Gasteiger partial charge in [-0.2, -0.15) is 0 Å². The number of nitrogens with one attached hydrogen (secondary N) is 1. The van der Waals surface area contributed by atoms with Gasteiger partial charge in [-0.1, -0.05) is 6.92 Å². The highest BCUT2D eigenvalue weighted by atomic mass is 32.1. The monoisotopic (exact) mass is 282 g/mol. The molecule has 0 bridgehead atoms. The van der Waals surface area contributed by atoms with Crippen LogP contribution in [0.2, 0.25) is 0 Å². The number of hydrogen-bond donors (Lipinski definition) is 1. The van der Waals surface area contributed by atoms with Gasteiger partial charge in [0.05, 0.1) is 5.69 Å². The number of hydrogen-bond acceptors (Lipinski definition) is 5. The molecule has 1 aliphatic rings. The van der Waals surface area contributed by atoms with Crippen LogP contribution >= 0.6 is 11.3 Å². The van der Waals surface area contributed by atoms with Crippen molar-refractivity contribution in [2.45, 2.75) is 39.3 Å².